The van der Waals surface area contributed by atoms with Crippen molar-refractivity contribution < 1.29 is 0 Å². The molecule has 2 N–H and O–H groups in total. The van der Waals surface area contributed by atoms with Gasteiger partial charge in [0.05, 0.1) is 21.4 Å². The van der Waals surface area contributed by atoms with Gasteiger partial charge >= 0.3 is 0 Å². The molecular formula is C22H14Cl2N4OS. The van der Waals surface area contributed by atoms with E-state index in [1.54, 1.807) is 24.4 Å². The molecule has 4 rings (SSSR count). The molecule has 148 valence electrons. The molecule has 0 unspecified atom stereocenters. The highest BCUT2D eigenvalue weighted by molar-refractivity contribution is 7.80. The van der Waals surface area contributed by atoms with Crippen molar-refractivity contribution in [2.75, 3.05) is 10.6 Å². The van der Waals surface area contributed by atoms with Gasteiger partial charge in [-0.1, -0.05) is 47.5 Å². The van der Waals surface area contributed by atoms with Gasteiger partial charge in [-0.15, -0.1) is 4.91 Å². The van der Waals surface area contributed by atoms with E-state index in [1.165, 1.54) is 6.07 Å². The zero-order valence-corrected chi connectivity index (χ0v) is 17.7. The van der Waals surface area contributed by atoms with Crippen molar-refractivity contribution in [3.8, 4) is 11.3 Å². The number of halogens is 2. The summed E-state index contributed by atoms with van der Waals surface area (Å²) in [5, 5.41) is 12.3. The van der Waals surface area contributed by atoms with Gasteiger partial charge in [0.25, 0.3) is 0 Å². The summed E-state index contributed by atoms with van der Waals surface area (Å²) < 4.78 is 0. The van der Waals surface area contributed by atoms with Gasteiger partial charge in [0.15, 0.2) is 5.11 Å². The number of pyridine rings is 1. The quantitative estimate of drug-likeness (QED) is 0.249. The number of anilines is 2. The molecule has 0 aliphatic heterocycles. The molecule has 0 amide bonds. The van der Waals surface area contributed by atoms with Crippen LogP contribution in [0.2, 0.25) is 10.0 Å². The lowest BCUT2D eigenvalue weighted by molar-refractivity contribution is 1.36. The fourth-order valence-corrected chi connectivity index (χ4v) is 3.72. The number of benzene rings is 3. The number of fused-ring (bicyclic) bond motifs is 1. The van der Waals surface area contributed by atoms with Crippen LogP contribution in [0.15, 0.2) is 78.1 Å². The van der Waals surface area contributed by atoms with Crippen molar-refractivity contribution in [3.05, 3.63) is 87.9 Å². The van der Waals surface area contributed by atoms with Crippen LogP contribution < -0.4 is 10.6 Å². The minimum absolute atomic E-state index is 0.245. The maximum atomic E-state index is 10.6. The molecule has 1 aromatic heterocycles. The second kappa shape index (κ2) is 8.75. The molecule has 5 nitrogen and oxygen atoms in total. The zero-order valence-electron chi connectivity index (χ0n) is 15.4. The van der Waals surface area contributed by atoms with E-state index in [4.69, 9.17) is 35.4 Å². The molecule has 30 heavy (non-hydrogen) atoms. The van der Waals surface area contributed by atoms with Crippen molar-refractivity contribution in [2.24, 2.45) is 5.18 Å². The van der Waals surface area contributed by atoms with Crippen molar-refractivity contribution in [2.45, 2.75) is 0 Å². The van der Waals surface area contributed by atoms with Crippen LogP contribution in [-0.4, -0.2) is 10.1 Å². The number of thiocarbonyl (C=S) groups is 1. The van der Waals surface area contributed by atoms with Crippen LogP contribution in [0, 0.1) is 4.91 Å². The molecule has 1 heterocycles. The first-order chi connectivity index (χ1) is 14.5. The minimum atomic E-state index is 0.245. The Morgan fingerprint density at radius 2 is 1.77 bits per heavy atom. The first-order valence-electron chi connectivity index (χ1n) is 8.90. The summed E-state index contributed by atoms with van der Waals surface area (Å²) in [6.07, 6.45) is 1.76. The molecule has 0 atom stereocenters. The lowest BCUT2D eigenvalue weighted by atomic mass is 10.0. The highest BCUT2D eigenvalue weighted by Crippen LogP contribution is 2.34. The third-order valence-corrected chi connectivity index (χ3v) is 5.31. The summed E-state index contributed by atoms with van der Waals surface area (Å²) in [4.78, 5) is 15.1. The first kappa shape index (κ1) is 20.2. The fraction of sp³-hybridized carbons (Fsp3) is 0. The van der Waals surface area contributed by atoms with Crippen LogP contribution in [0.25, 0.3) is 22.0 Å². The average Bonchev–Trinajstić information content (AvgIpc) is 2.76. The summed E-state index contributed by atoms with van der Waals surface area (Å²) >= 11 is 18.0. The van der Waals surface area contributed by atoms with Crippen LogP contribution in [-0.2, 0) is 0 Å². The van der Waals surface area contributed by atoms with Gasteiger partial charge in [0.1, 0.15) is 5.69 Å². The van der Waals surface area contributed by atoms with E-state index in [1.807, 2.05) is 42.5 Å². The minimum Gasteiger partial charge on any atom is -0.332 e. The first-order valence-corrected chi connectivity index (χ1v) is 10.1. The van der Waals surface area contributed by atoms with E-state index >= 15 is 0 Å². The number of rotatable bonds is 4. The zero-order chi connectivity index (χ0) is 21.1. The van der Waals surface area contributed by atoms with Gasteiger partial charge < -0.3 is 10.6 Å². The average molecular weight is 453 g/mol. The van der Waals surface area contributed by atoms with E-state index in [-0.39, 0.29) is 5.69 Å². The van der Waals surface area contributed by atoms with Gasteiger partial charge in [-0.3, -0.25) is 4.98 Å². The molecule has 8 heteroatoms. The van der Waals surface area contributed by atoms with E-state index < -0.39 is 0 Å². The van der Waals surface area contributed by atoms with Crippen LogP contribution in [0.5, 0.6) is 0 Å². The third kappa shape index (κ3) is 4.26. The molecule has 0 saturated carbocycles. The smallest absolute Gasteiger partial charge is 0.175 e. The highest BCUT2D eigenvalue weighted by Gasteiger charge is 2.11. The second-order valence-corrected chi connectivity index (χ2v) is 7.63. The summed E-state index contributed by atoms with van der Waals surface area (Å²) in [6.45, 7) is 0. The van der Waals surface area contributed by atoms with Crippen LogP contribution in [0.3, 0.4) is 0 Å². The van der Waals surface area contributed by atoms with Gasteiger partial charge in [-0.05, 0) is 65.2 Å². The van der Waals surface area contributed by atoms with Gasteiger partial charge in [0.2, 0.25) is 0 Å². The number of nitrogens with zero attached hydrogens (tertiary/aromatic N) is 2. The third-order valence-electron chi connectivity index (χ3n) is 4.46. The van der Waals surface area contributed by atoms with Crippen LogP contribution in [0.1, 0.15) is 0 Å². The molecule has 0 aliphatic carbocycles. The Morgan fingerprint density at radius 3 is 2.57 bits per heavy atom. The van der Waals surface area contributed by atoms with Crippen LogP contribution in [0.4, 0.5) is 17.1 Å². The summed E-state index contributed by atoms with van der Waals surface area (Å²) in [6, 6.07) is 20.1. The predicted molar refractivity (Wildman–Crippen MR) is 129 cm³/mol. The number of hydrogen-bond acceptors (Lipinski definition) is 4. The van der Waals surface area contributed by atoms with Crippen LogP contribution >= 0.6 is 35.4 Å². The normalized spacial score (nSPS) is 10.6. The topological polar surface area (TPSA) is 66.4 Å². The van der Waals surface area contributed by atoms with Crippen molar-refractivity contribution in [3.63, 3.8) is 0 Å². The number of nitroso groups, excluding NO2 is 1. The Balaban J connectivity index is 1.60. The standard InChI is InChI=1S/C22H14Cl2N4OS/c23-18-7-5-14(26-22(30)27-20-8-6-15(28-29)12-19(20)24)11-17(18)21-16-4-2-1-3-13(16)9-10-25-21/h1-12H,(H2,26,27,30). The van der Waals surface area contributed by atoms with E-state index in [9.17, 15) is 4.91 Å². The monoisotopic (exact) mass is 452 g/mol. The fourth-order valence-electron chi connectivity index (χ4n) is 3.07. The molecule has 0 radical (unpaired) electrons. The molecule has 0 aliphatic rings. The Labute approximate surface area is 188 Å². The molecule has 3 aromatic carbocycles. The predicted octanol–water partition coefficient (Wildman–Crippen LogP) is 7.42. The Kier molecular flexibility index (Phi) is 5.90. The van der Waals surface area contributed by atoms with E-state index in [0.717, 1.165) is 27.7 Å². The molecule has 0 fully saturated rings. The van der Waals surface area contributed by atoms with Crippen molar-refractivity contribution in [1.82, 2.24) is 4.98 Å². The summed E-state index contributed by atoms with van der Waals surface area (Å²) in [7, 11) is 0. The largest absolute Gasteiger partial charge is 0.332 e. The number of hydrogen-bond donors (Lipinski definition) is 2. The maximum absolute atomic E-state index is 10.6. The lowest BCUT2D eigenvalue weighted by Crippen LogP contribution is -2.19. The molecule has 0 saturated heterocycles. The van der Waals surface area contributed by atoms with Gasteiger partial charge in [-0.25, -0.2) is 0 Å². The summed E-state index contributed by atoms with van der Waals surface area (Å²) in [5.41, 5.74) is 3.13. The Bertz CT molecular complexity index is 1270. The van der Waals surface area contributed by atoms with E-state index in [2.05, 4.69) is 20.8 Å². The second-order valence-electron chi connectivity index (χ2n) is 6.41. The van der Waals surface area contributed by atoms with E-state index in [0.29, 0.717) is 20.8 Å². The molecule has 0 bridgehead atoms. The SMILES string of the molecule is O=Nc1ccc(NC(=S)Nc2ccc(Cl)c(-c3nccc4ccccc34)c2)c(Cl)c1. The number of nitrogens with one attached hydrogen (secondary N) is 2. The van der Waals surface area contributed by atoms with Crippen molar-refractivity contribution >= 4 is 68.4 Å². The van der Waals surface area contributed by atoms with Gasteiger partial charge in [-0.2, -0.15) is 0 Å². The Morgan fingerprint density at radius 1 is 0.933 bits per heavy atom. The number of aromatic nitrogens is 1. The molecule has 4 aromatic rings. The maximum Gasteiger partial charge on any atom is 0.175 e. The lowest BCUT2D eigenvalue weighted by Gasteiger charge is -2.14. The molecular weight excluding hydrogens is 439 g/mol. The van der Waals surface area contributed by atoms with Crippen molar-refractivity contribution in [1.29, 1.82) is 0 Å². The van der Waals surface area contributed by atoms with Gasteiger partial charge in [0, 0.05) is 22.8 Å². The highest BCUT2D eigenvalue weighted by atomic mass is 35.5. The summed E-state index contributed by atoms with van der Waals surface area (Å²) in [5.74, 6) is 0. The molecule has 0 spiro atoms. The Hall–Kier alpha value is -3.06.